The highest BCUT2D eigenvalue weighted by Gasteiger charge is 2.24. The molecule has 1 aliphatic heterocycles. The van der Waals surface area contributed by atoms with Crippen molar-refractivity contribution in [2.75, 3.05) is 45.3 Å². The summed E-state index contributed by atoms with van der Waals surface area (Å²) >= 11 is 3.25. The number of rotatable bonds is 5. The summed E-state index contributed by atoms with van der Waals surface area (Å²) in [5.41, 5.74) is 1.93. The number of hydrogen-bond acceptors (Lipinski definition) is 7. The Bertz CT molecular complexity index is 1130. The third-order valence-electron chi connectivity index (χ3n) is 5.35. The van der Waals surface area contributed by atoms with Gasteiger partial charge in [0.1, 0.15) is 21.9 Å². The van der Waals surface area contributed by atoms with Gasteiger partial charge in [-0.3, -0.25) is 4.79 Å². The van der Waals surface area contributed by atoms with Crippen LogP contribution in [0.1, 0.15) is 10.5 Å². The Balaban J connectivity index is 1.47. The number of anilines is 1. The van der Waals surface area contributed by atoms with Crippen LogP contribution in [-0.4, -0.2) is 66.3 Å². The summed E-state index contributed by atoms with van der Waals surface area (Å²) in [6.07, 6.45) is 0. The summed E-state index contributed by atoms with van der Waals surface area (Å²) < 4.78 is 11.1. The largest absolute Gasteiger partial charge is 0.505 e. The van der Waals surface area contributed by atoms with Crippen molar-refractivity contribution in [3.05, 3.63) is 58.8 Å². The van der Waals surface area contributed by atoms with Crippen LogP contribution in [0, 0.1) is 0 Å². The molecule has 0 saturated carbocycles. The average Bonchev–Trinajstić information content (AvgIpc) is 2.85. The van der Waals surface area contributed by atoms with E-state index < -0.39 is 0 Å². The van der Waals surface area contributed by atoms with Gasteiger partial charge in [0.05, 0.1) is 19.9 Å². The van der Waals surface area contributed by atoms with Crippen molar-refractivity contribution in [2.45, 2.75) is 0 Å². The van der Waals surface area contributed by atoms with E-state index in [4.69, 9.17) is 9.47 Å². The van der Waals surface area contributed by atoms with Crippen molar-refractivity contribution in [1.29, 1.82) is 0 Å². The lowest BCUT2D eigenvalue weighted by molar-refractivity contribution is 0.0740. The minimum absolute atomic E-state index is 0.1000. The molecular formula is C23H23BrN4O4. The Morgan fingerprint density at radius 2 is 1.72 bits per heavy atom. The fraction of sp³-hybridized carbons (Fsp3) is 0.261. The average molecular weight is 499 g/mol. The fourth-order valence-corrected chi connectivity index (χ4v) is 3.92. The first-order valence-corrected chi connectivity index (χ1v) is 10.9. The Kier molecular flexibility index (Phi) is 6.45. The van der Waals surface area contributed by atoms with Gasteiger partial charge in [0, 0.05) is 31.7 Å². The van der Waals surface area contributed by atoms with E-state index in [0.29, 0.717) is 53.7 Å². The van der Waals surface area contributed by atoms with Crippen LogP contribution in [0.25, 0.3) is 11.3 Å². The summed E-state index contributed by atoms with van der Waals surface area (Å²) in [7, 11) is 3.17. The van der Waals surface area contributed by atoms with Crippen LogP contribution in [0.3, 0.4) is 0 Å². The molecule has 1 saturated heterocycles. The van der Waals surface area contributed by atoms with Crippen LogP contribution >= 0.6 is 15.9 Å². The van der Waals surface area contributed by atoms with Crippen molar-refractivity contribution < 1.29 is 19.4 Å². The number of benzene rings is 1. The summed E-state index contributed by atoms with van der Waals surface area (Å²) in [5.74, 6) is 2.00. The molecule has 4 rings (SSSR count). The number of halogens is 1. The van der Waals surface area contributed by atoms with Gasteiger partial charge in [-0.25, -0.2) is 9.97 Å². The number of amides is 1. The number of piperazine rings is 1. The first kappa shape index (κ1) is 21.9. The molecule has 1 aromatic carbocycles. The third kappa shape index (κ3) is 4.47. The number of carbonyl (C=O) groups is 1. The van der Waals surface area contributed by atoms with Crippen LogP contribution in [0.2, 0.25) is 0 Å². The van der Waals surface area contributed by atoms with E-state index in [2.05, 4.69) is 30.8 Å². The number of ether oxygens (including phenoxy) is 2. The lowest BCUT2D eigenvalue weighted by Gasteiger charge is -2.35. The highest BCUT2D eigenvalue weighted by Crippen LogP contribution is 2.31. The van der Waals surface area contributed by atoms with Crippen molar-refractivity contribution in [1.82, 2.24) is 14.9 Å². The first-order chi connectivity index (χ1) is 15.5. The molecule has 9 heteroatoms. The predicted molar refractivity (Wildman–Crippen MR) is 124 cm³/mol. The lowest BCUT2D eigenvalue weighted by Crippen LogP contribution is -2.49. The van der Waals surface area contributed by atoms with E-state index in [-0.39, 0.29) is 11.7 Å². The predicted octanol–water partition coefficient (Wildman–Crippen LogP) is 3.59. The number of hydrogen-bond donors (Lipinski definition) is 1. The fourth-order valence-electron chi connectivity index (χ4n) is 3.60. The molecule has 3 heterocycles. The molecule has 166 valence electrons. The normalized spacial score (nSPS) is 13.7. The van der Waals surface area contributed by atoms with Gasteiger partial charge in [-0.2, -0.15) is 0 Å². The van der Waals surface area contributed by atoms with E-state index >= 15 is 0 Å². The van der Waals surface area contributed by atoms with Crippen LogP contribution in [-0.2, 0) is 0 Å². The van der Waals surface area contributed by atoms with Crippen LogP contribution in [0.5, 0.6) is 17.2 Å². The molecular weight excluding hydrogens is 476 g/mol. The molecule has 1 N–H and O–H groups in total. The molecule has 1 amide bonds. The quantitative estimate of drug-likeness (QED) is 0.537. The number of aromatic hydroxyl groups is 1. The Hall–Kier alpha value is -3.33. The maximum atomic E-state index is 13.1. The number of pyridine rings is 2. The summed E-state index contributed by atoms with van der Waals surface area (Å²) in [6.45, 7) is 2.40. The van der Waals surface area contributed by atoms with Crippen molar-refractivity contribution in [3.8, 4) is 28.5 Å². The van der Waals surface area contributed by atoms with E-state index in [1.807, 2.05) is 30.3 Å². The van der Waals surface area contributed by atoms with Gasteiger partial charge in [-0.15, -0.1) is 0 Å². The third-order valence-corrected chi connectivity index (χ3v) is 5.94. The molecule has 0 unspecified atom stereocenters. The second-order valence-corrected chi connectivity index (χ2v) is 7.99. The van der Waals surface area contributed by atoms with E-state index in [1.54, 1.807) is 37.3 Å². The molecule has 0 aliphatic carbocycles. The highest BCUT2D eigenvalue weighted by molar-refractivity contribution is 9.10. The van der Waals surface area contributed by atoms with E-state index in [0.717, 1.165) is 11.4 Å². The van der Waals surface area contributed by atoms with Crippen LogP contribution < -0.4 is 14.4 Å². The molecule has 0 spiro atoms. The van der Waals surface area contributed by atoms with E-state index in [1.165, 1.54) is 0 Å². The zero-order valence-corrected chi connectivity index (χ0v) is 19.4. The second kappa shape index (κ2) is 9.44. The smallest absolute Gasteiger partial charge is 0.272 e. The number of aromatic nitrogens is 2. The van der Waals surface area contributed by atoms with Gasteiger partial charge in [-0.05, 0) is 58.4 Å². The molecule has 0 radical (unpaired) electrons. The zero-order valence-electron chi connectivity index (χ0n) is 17.8. The molecule has 1 aliphatic rings. The molecule has 0 atom stereocenters. The maximum Gasteiger partial charge on any atom is 0.272 e. The molecule has 2 aromatic heterocycles. The highest BCUT2D eigenvalue weighted by atomic mass is 79.9. The Morgan fingerprint density at radius 3 is 2.41 bits per heavy atom. The number of methoxy groups -OCH3 is 2. The molecule has 8 nitrogen and oxygen atoms in total. The number of nitrogens with zero attached hydrogens (tertiary/aromatic N) is 4. The first-order valence-electron chi connectivity index (χ1n) is 10.1. The molecule has 1 fully saturated rings. The SMILES string of the molecule is COc1ccc(-c2cccc(C(=O)N3CCN(c4ccc(O)c(Br)n4)CC3)n2)cc1OC. The van der Waals surface area contributed by atoms with Gasteiger partial charge in [-0.1, -0.05) is 6.07 Å². The molecule has 32 heavy (non-hydrogen) atoms. The van der Waals surface area contributed by atoms with Gasteiger partial charge in [0.25, 0.3) is 5.91 Å². The maximum absolute atomic E-state index is 13.1. The topological polar surface area (TPSA) is 88.0 Å². The van der Waals surface area contributed by atoms with Crippen molar-refractivity contribution in [3.63, 3.8) is 0 Å². The Morgan fingerprint density at radius 1 is 0.969 bits per heavy atom. The summed E-state index contributed by atoms with van der Waals surface area (Å²) in [6, 6.07) is 14.4. The van der Waals surface area contributed by atoms with Gasteiger partial charge < -0.3 is 24.4 Å². The Labute approximate surface area is 194 Å². The molecule has 0 bridgehead atoms. The van der Waals surface area contributed by atoms with E-state index in [9.17, 15) is 9.90 Å². The van der Waals surface area contributed by atoms with Crippen molar-refractivity contribution in [2.24, 2.45) is 0 Å². The zero-order chi connectivity index (χ0) is 22.7. The van der Waals surface area contributed by atoms with Crippen LogP contribution in [0.15, 0.2) is 53.1 Å². The standard InChI is InChI=1S/C23H23BrN4O4/c1-31-19-8-6-15(14-20(19)32-2)16-4-3-5-17(25-16)23(30)28-12-10-27(11-13-28)21-9-7-18(29)22(24)26-21/h3-9,14,29H,10-13H2,1-2H3. The van der Waals surface area contributed by atoms with Crippen LogP contribution in [0.4, 0.5) is 5.82 Å². The molecule has 3 aromatic rings. The van der Waals surface area contributed by atoms with Gasteiger partial charge in [0.15, 0.2) is 11.5 Å². The van der Waals surface area contributed by atoms with Gasteiger partial charge >= 0.3 is 0 Å². The minimum Gasteiger partial charge on any atom is -0.505 e. The lowest BCUT2D eigenvalue weighted by atomic mass is 10.1. The summed E-state index contributed by atoms with van der Waals surface area (Å²) in [5, 5.41) is 9.64. The minimum atomic E-state index is -0.105. The summed E-state index contributed by atoms with van der Waals surface area (Å²) in [4.78, 5) is 25.9. The van der Waals surface area contributed by atoms with Gasteiger partial charge in [0.2, 0.25) is 0 Å². The second-order valence-electron chi connectivity index (χ2n) is 7.24. The number of carbonyl (C=O) groups excluding carboxylic acids is 1. The van der Waals surface area contributed by atoms with Crippen molar-refractivity contribution >= 4 is 27.7 Å². The monoisotopic (exact) mass is 498 g/mol.